The van der Waals surface area contributed by atoms with E-state index in [0.717, 1.165) is 10.2 Å². The van der Waals surface area contributed by atoms with Gasteiger partial charge in [-0.3, -0.25) is 4.98 Å². The molecule has 1 unspecified atom stereocenters. The fourth-order valence-electron chi connectivity index (χ4n) is 1.37. The van der Waals surface area contributed by atoms with Crippen molar-refractivity contribution in [3.63, 3.8) is 0 Å². The molecule has 1 atom stereocenters. The minimum absolute atomic E-state index is 0.626. The van der Waals surface area contributed by atoms with E-state index in [0.29, 0.717) is 6.04 Å². The monoisotopic (exact) mass is 258 g/mol. The Hall–Kier alpha value is -0.220. The normalized spacial score (nSPS) is 21.8. The highest BCUT2D eigenvalue weighted by atomic mass is 79.9. The van der Waals surface area contributed by atoms with Gasteiger partial charge in [0.2, 0.25) is 0 Å². The van der Waals surface area contributed by atoms with Crippen molar-refractivity contribution >= 4 is 33.4 Å². The molecule has 2 nitrogen and oxygen atoms in total. The van der Waals surface area contributed by atoms with Crippen molar-refractivity contribution in [3.8, 4) is 0 Å². The summed E-state index contributed by atoms with van der Waals surface area (Å²) in [7, 11) is 0. The zero-order valence-corrected chi connectivity index (χ0v) is 9.57. The predicted octanol–water partition coefficient (Wildman–Crippen LogP) is 2.76. The smallest absolute Gasteiger partial charge is 0.0540 e. The number of hydrogen-bond donors (Lipinski definition) is 1. The quantitative estimate of drug-likeness (QED) is 0.884. The van der Waals surface area contributed by atoms with Gasteiger partial charge in [0.1, 0.15) is 0 Å². The van der Waals surface area contributed by atoms with Gasteiger partial charge in [0.15, 0.2) is 0 Å². The molecular weight excluding hydrogens is 248 g/mol. The fourth-order valence-corrected chi connectivity index (χ4v) is 2.89. The minimum atomic E-state index is 0.626. The molecule has 0 aliphatic carbocycles. The maximum atomic E-state index is 4.11. The van der Waals surface area contributed by atoms with E-state index in [9.17, 15) is 0 Å². The lowest BCUT2D eigenvalue weighted by molar-refractivity contribution is 0.812. The maximum absolute atomic E-state index is 4.11. The van der Waals surface area contributed by atoms with Crippen LogP contribution in [0.25, 0.3) is 0 Å². The molecule has 1 aliphatic rings. The first-order valence-corrected chi connectivity index (χ1v) is 6.24. The first-order chi connectivity index (χ1) is 6.34. The Morgan fingerprint density at radius 1 is 1.54 bits per heavy atom. The van der Waals surface area contributed by atoms with E-state index in [4.69, 9.17) is 0 Å². The number of rotatable bonds is 2. The number of thioether (sulfide) groups is 1. The van der Waals surface area contributed by atoms with Crippen LogP contribution in [0.4, 0.5) is 5.69 Å². The third-order valence-electron chi connectivity index (χ3n) is 2.01. The van der Waals surface area contributed by atoms with E-state index < -0.39 is 0 Å². The molecule has 0 amide bonds. The van der Waals surface area contributed by atoms with Gasteiger partial charge in [-0.05, 0) is 34.2 Å². The van der Waals surface area contributed by atoms with Crippen molar-refractivity contribution in [2.24, 2.45) is 0 Å². The molecule has 0 aromatic carbocycles. The average molecular weight is 259 g/mol. The molecule has 0 bridgehead atoms. The van der Waals surface area contributed by atoms with Crippen LogP contribution in [0.15, 0.2) is 22.9 Å². The molecule has 0 saturated carbocycles. The largest absolute Gasteiger partial charge is 0.380 e. The molecule has 2 heterocycles. The van der Waals surface area contributed by atoms with Gasteiger partial charge >= 0.3 is 0 Å². The van der Waals surface area contributed by atoms with Crippen LogP contribution in [0.3, 0.4) is 0 Å². The second kappa shape index (κ2) is 4.33. The van der Waals surface area contributed by atoms with Gasteiger partial charge in [-0.2, -0.15) is 11.8 Å². The van der Waals surface area contributed by atoms with Gasteiger partial charge in [-0.1, -0.05) is 0 Å². The van der Waals surface area contributed by atoms with Gasteiger partial charge in [-0.15, -0.1) is 0 Å². The molecule has 70 valence electrons. The van der Waals surface area contributed by atoms with Crippen molar-refractivity contribution in [1.82, 2.24) is 4.98 Å². The molecule has 1 aliphatic heterocycles. The summed E-state index contributed by atoms with van der Waals surface area (Å²) < 4.78 is 1.03. The minimum Gasteiger partial charge on any atom is -0.380 e. The van der Waals surface area contributed by atoms with Gasteiger partial charge in [-0.25, -0.2) is 0 Å². The summed E-state index contributed by atoms with van der Waals surface area (Å²) in [5.74, 6) is 2.49. The lowest BCUT2D eigenvalue weighted by Gasteiger charge is -2.12. The molecule has 1 aromatic rings. The fraction of sp³-hybridized carbons (Fsp3) is 0.444. The van der Waals surface area contributed by atoms with E-state index in [-0.39, 0.29) is 0 Å². The summed E-state index contributed by atoms with van der Waals surface area (Å²) in [5.41, 5.74) is 1.11. The number of nitrogens with one attached hydrogen (secondary N) is 1. The molecule has 2 rings (SSSR count). The summed E-state index contributed by atoms with van der Waals surface area (Å²) in [6.07, 6.45) is 4.93. The Labute approximate surface area is 90.6 Å². The molecule has 1 saturated heterocycles. The van der Waals surface area contributed by atoms with E-state index in [1.807, 2.05) is 18.0 Å². The number of hydrogen-bond acceptors (Lipinski definition) is 3. The second-order valence-corrected chi connectivity index (χ2v) is 5.16. The van der Waals surface area contributed by atoms with E-state index in [1.165, 1.54) is 17.9 Å². The molecule has 4 heteroatoms. The van der Waals surface area contributed by atoms with Crippen LogP contribution in [0.2, 0.25) is 0 Å². The number of halogens is 1. The Bertz CT molecular complexity index is 287. The van der Waals surface area contributed by atoms with E-state index in [2.05, 4.69) is 32.3 Å². The van der Waals surface area contributed by atoms with Gasteiger partial charge in [0, 0.05) is 22.5 Å². The average Bonchev–Trinajstić information content (AvgIpc) is 2.57. The lowest BCUT2D eigenvalue weighted by atomic mass is 10.2. The van der Waals surface area contributed by atoms with Gasteiger partial charge in [0.25, 0.3) is 0 Å². The Balaban J connectivity index is 2.00. The zero-order chi connectivity index (χ0) is 9.10. The number of aromatic nitrogens is 1. The number of nitrogens with zero attached hydrogens (tertiary/aromatic N) is 1. The molecule has 1 N–H and O–H groups in total. The van der Waals surface area contributed by atoms with Crippen molar-refractivity contribution in [2.45, 2.75) is 12.5 Å². The van der Waals surface area contributed by atoms with Crippen molar-refractivity contribution < 1.29 is 0 Å². The Morgan fingerprint density at radius 2 is 2.46 bits per heavy atom. The Kier molecular flexibility index (Phi) is 3.11. The van der Waals surface area contributed by atoms with Gasteiger partial charge < -0.3 is 5.32 Å². The van der Waals surface area contributed by atoms with Crippen LogP contribution in [0.1, 0.15) is 6.42 Å². The molecular formula is C9H11BrN2S. The number of anilines is 1. The number of pyridine rings is 1. The van der Waals surface area contributed by atoms with E-state index in [1.54, 1.807) is 6.20 Å². The highest BCUT2D eigenvalue weighted by molar-refractivity contribution is 9.10. The van der Waals surface area contributed by atoms with E-state index >= 15 is 0 Å². The van der Waals surface area contributed by atoms with Crippen LogP contribution < -0.4 is 5.32 Å². The molecule has 1 fully saturated rings. The molecule has 0 radical (unpaired) electrons. The van der Waals surface area contributed by atoms with Crippen molar-refractivity contribution in [3.05, 3.63) is 22.9 Å². The lowest BCUT2D eigenvalue weighted by Crippen LogP contribution is -2.17. The summed E-state index contributed by atoms with van der Waals surface area (Å²) in [6.45, 7) is 0. The summed E-state index contributed by atoms with van der Waals surface area (Å²) in [6, 6.07) is 2.69. The van der Waals surface area contributed by atoms with Crippen molar-refractivity contribution in [1.29, 1.82) is 0 Å². The van der Waals surface area contributed by atoms with Crippen molar-refractivity contribution in [2.75, 3.05) is 16.8 Å². The molecule has 0 spiro atoms. The molecule has 1 aromatic heterocycles. The third kappa shape index (κ3) is 2.61. The third-order valence-corrected chi connectivity index (χ3v) is 3.60. The first kappa shape index (κ1) is 9.34. The highest BCUT2D eigenvalue weighted by Gasteiger charge is 2.14. The Morgan fingerprint density at radius 3 is 3.15 bits per heavy atom. The van der Waals surface area contributed by atoms with Crippen LogP contribution in [0, 0.1) is 0 Å². The SMILES string of the molecule is Brc1cncc(NC2CCSC2)c1. The molecule has 13 heavy (non-hydrogen) atoms. The maximum Gasteiger partial charge on any atom is 0.0540 e. The standard InChI is InChI=1S/C9H11BrN2S/c10-7-3-9(5-11-4-7)12-8-1-2-13-6-8/h3-5,8,12H,1-2,6H2. The summed E-state index contributed by atoms with van der Waals surface area (Å²) in [5, 5.41) is 3.47. The second-order valence-electron chi connectivity index (χ2n) is 3.10. The van der Waals surface area contributed by atoms with Crippen LogP contribution in [-0.4, -0.2) is 22.5 Å². The highest BCUT2D eigenvalue weighted by Crippen LogP contribution is 2.22. The van der Waals surface area contributed by atoms with Crippen LogP contribution in [0.5, 0.6) is 0 Å². The van der Waals surface area contributed by atoms with Crippen LogP contribution >= 0.6 is 27.7 Å². The summed E-state index contributed by atoms with van der Waals surface area (Å²) >= 11 is 5.41. The first-order valence-electron chi connectivity index (χ1n) is 4.29. The van der Waals surface area contributed by atoms with Gasteiger partial charge in [0.05, 0.1) is 11.9 Å². The summed E-state index contributed by atoms with van der Waals surface area (Å²) in [4.78, 5) is 4.11. The predicted molar refractivity (Wildman–Crippen MR) is 61.3 cm³/mol. The van der Waals surface area contributed by atoms with Crippen LogP contribution in [-0.2, 0) is 0 Å². The topological polar surface area (TPSA) is 24.9 Å². The zero-order valence-electron chi connectivity index (χ0n) is 7.16.